The third kappa shape index (κ3) is 6.54. The van der Waals surface area contributed by atoms with Crippen LogP contribution >= 0.6 is 0 Å². The largest absolute Gasteiger partial charge is 0.481 e. The Kier molecular flexibility index (Phi) is 7.00. The number of hydrogen-bond donors (Lipinski definition) is 6. The molecule has 0 heterocycles. The molecule has 20 heavy (non-hydrogen) atoms. The van der Waals surface area contributed by atoms with Gasteiger partial charge < -0.3 is 25.7 Å². The van der Waals surface area contributed by atoms with E-state index in [1.807, 2.05) is 5.32 Å². The monoisotopic (exact) mass is 292 g/mol. The summed E-state index contributed by atoms with van der Waals surface area (Å²) < 4.78 is 0. The van der Waals surface area contributed by atoms with E-state index in [1.54, 1.807) is 0 Å². The number of nitrogens with one attached hydrogen (secondary N) is 2. The molecule has 0 aliphatic carbocycles. The first kappa shape index (κ1) is 17.6. The lowest BCUT2D eigenvalue weighted by Crippen LogP contribution is -2.52. The van der Waals surface area contributed by atoms with Crippen molar-refractivity contribution in [1.29, 1.82) is 0 Å². The molecule has 10 nitrogen and oxygen atoms in total. The summed E-state index contributed by atoms with van der Waals surface area (Å²) in [6.45, 7) is 0.672. The van der Waals surface area contributed by atoms with Crippen LogP contribution in [0.15, 0.2) is 0 Å². The second kappa shape index (κ2) is 7.94. The lowest BCUT2D eigenvalue weighted by atomic mass is 9.91. The van der Waals surface area contributed by atoms with Crippen LogP contribution in [0.25, 0.3) is 0 Å². The second-order valence-corrected chi connectivity index (χ2v) is 4.10. The minimum Gasteiger partial charge on any atom is -0.481 e. The maximum Gasteiger partial charge on any atom is 0.404 e. The topological polar surface area (TPSA) is 173 Å². The summed E-state index contributed by atoms with van der Waals surface area (Å²) in [6, 6.07) is -2.57. The number of aliphatic carboxylic acids is 3. The normalized spacial score (nSPS) is 14.8. The standard InChI is InChI=1S/C10H16N2O8/c1-4(5(2-6(13)14)12-10(19)20)8(9(17)18)11-3-7(15)16/h4-5,8,11-12H,2-3H2,1H3,(H,13,14)(H,15,16)(H,17,18)(H,19,20). The lowest BCUT2D eigenvalue weighted by molar-refractivity contribution is -0.144. The maximum atomic E-state index is 11.1. The predicted molar refractivity (Wildman–Crippen MR) is 63.4 cm³/mol. The highest BCUT2D eigenvalue weighted by Crippen LogP contribution is 2.13. The fraction of sp³-hybridized carbons (Fsp3) is 0.600. The molecule has 0 aromatic heterocycles. The first-order chi connectivity index (χ1) is 9.15. The van der Waals surface area contributed by atoms with E-state index in [0.717, 1.165) is 0 Å². The molecule has 6 N–H and O–H groups in total. The van der Waals surface area contributed by atoms with Gasteiger partial charge in [-0.25, -0.2) is 4.79 Å². The molecule has 0 aromatic carbocycles. The summed E-state index contributed by atoms with van der Waals surface area (Å²) in [4.78, 5) is 42.7. The van der Waals surface area contributed by atoms with Crippen LogP contribution in [-0.4, -0.2) is 63.1 Å². The molecule has 0 saturated heterocycles. The van der Waals surface area contributed by atoms with Crippen molar-refractivity contribution in [2.45, 2.75) is 25.4 Å². The molecule has 10 heteroatoms. The minimum atomic E-state index is -1.49. The Hall–Kier alpha value is -2.36. The van der Waals surface area contributed by atoms with Crippen LogP contribution in [-0.2, 0) is 14.4 Å². The third-order valence-corrected chi connectivity index (χ3v) is 2.60. The van der Waals surface area contributed by atoms with E-state index in [1.165, 1.54) is 6.92 Å². The van der Waals surface area contributed by atoms with Crippen molar-refractivity contribution in [3.63, 3.8) is 0 Å². The molecule has 0 aliphatic heterocycles. The van der Waals surface area contributed by atoms with Gasteiger partial charge in [0, 0.05) is 12.0 Å². The molecular weight excluding hydrogens is 276 g/mol. The van der Waals surface area contributed by atoms with Gasteiger partial charge in [-0.3, -0.25) is 19.7 Å². The van der Waals surface area contributed by atoms with Gasteiger partial charge in [0.1, 0.15) is 6.04 Å². The van der Waals surface area contributed by atoms with Crippen LogP contribution in [0.1, 0.15) is 13.3 Å². The van der Waals surface area contributed by atoms with E-state index in [0.29, 0.717) is 0 Å². The molecule has 0 bridgehead atoms. The van der Waals surface area contributed by atoms with Gasteiger partial charge in [-0.15, -0.1) is 0 Å². The first-order valence-electron chi connectivity index (χ1n) is 5.54. The molecule has 0 radical (unpaired) electrons. The van der Waals surface area contributed by atoms with E-state index < -0.39 is 55.0 Å². The molecule has 0 spiro atoms. The zero-order valence-corrected chi connectivity index (χ0v) is 10.6. The fourth-order valence-electron chi connectivity index (χ4n) is 1.64. The van der Waals surface area contributed by atoms with Crippen molar-refractivity contribution in [3.05, 3.63) is 0 Å². The van der Waals surface area contributed by atoms with Gasteiger partial charge in [-0.1, -0.05) is 6.92 Å². The van der Waals surface area contributed by atoms with E-state index in [9.17, 15) is 19.2 Å². The molecule has 0 rings (SSSR count). The summed E-state index contributed by atoms with van der Waals surface area (Å²) in [5.74, 6) is -4.97. The van der Waals surface area contributed by atoms with Crippen molar-refractivity contribution in [3.8, 4) is 0 Å². The molecule has 0 saturated carbocycles. The predicted octanol–water partition coefficient (Wildman–Crippen LogP) is -1.14. The average Bonchev–Trinajstić information content (AvgIpc) is 2.25. The molecule has 0 aromatic rings. The Balaban J connectivity index is 4.97. The lowest BCUT2D eigenvalue weighted by Gasteiger charge is -2.27. The summed E-state index contributed by atoms with van der Waals surface area (Å²) in [5, 5.41) is 38.9. The van der Waals surface area contributed by atoms with Crippen molar-refractivity contribution >= 4 is 24.0 Å². The molecular formula is C10H16N2O8. The molecule has 3 unspecified atom stereocenters. The molecule has 0 aliphatic rings. The number of carbonyl (C=O) groups is 4. The Bertz CT molecular complexity index is 381. The van der Waals surface area contributed by atoms with Crippen molar-refractivity contribution in [2.75, 3.05) is 6.54 Å². The van der Waals surface area contributed by atoms with Crippen LogP contribution in [0.4, 0.5) is 4.79 Å². The quantitative estimate of drug-likeness (QED) is 0.307. The van der Waals surface area contributed by atoms with E-state index in [4.69, 9.17) is 20.4 Å². The van der Waals surface area contributed by atoms with Crippen molar-refractivity contribution in [1.82, 2.24) is 10.6 Å². The number of amides is 1. The van der Waals surface area contributed by atoms with Crippen molar-refractivity contribution in [2.24, 2.45) is 5.92 Å². The highest BCUT2D eigenvalue weighted by Gasteiger charge is 2.33. The van der Waals surface area contributed by atoms with Crippen molar-refractivity contribution < 1.29 is 39.6 Å². The Morgan fingerprint density at radius 3 is 1.90 bits per heavy atom. The number of carboxylic acids is 3. The van der Waals surface area contributed by atoms with Gasteiger partial charge in [-0.05, 0) is 0 Å². The highest BCUT2D eigenvalue weighted by atomic mass is 16.4. The second-order valence-electron chi connectivity index (χ2n) is 4.10. The smallest absolute Gasteiger partial charge is 0.404 e. The van der Waals surface area contributed by atoms with Gasteiger partial charge in [0.15, 0.2) is 0 Å². The molecule has 0 fully saturated rings. The first-order valence-corrected chi connectivity index (χ1v) is 5.54. The zero-order valence-electron chi connectivity index (χ0n) is 10.6. The Labute approximate surface area is 113 Å². The Morgan fingerprint density at radius 1 is 1.00 bits per heavy atom. The molecule has 114 valence electrons. The van der Waals surface area contributed by atoms with Crippen LogP contribution in [0.3, 0.4) is 0 Å². The summed E-state index contributed by atoms with van der Waals surface area (Å²) in [5.41, 5.74) is 0. The van der Waals surface area contributed by atoms with Gasteiger partial charge in [0.25, 0.3) is 0 Å². The van der Waals surface area contributed by atoms with E-state index in [2.05, 4.69) is 5.32 Å². The summed E-state index contributed by atoms with van der Waals surface area (Å²) in [6.07, 6.45) is -2.11. The van der Waals surface area contributed by atoms with Gasteiger partial charge in [0.2, 0.25) is 0 Å². The zero-order chi connectivity index (χ0) is 15.9. The summed E-state index contributed by atoms with van der Waals surface area (Å²) in [7, 11) is 0. The molecule has 1 amide bonds. The van der Waals surface area contributed by atoms with Gasteiger partial charge in [-0.2, -0.15) is 0 Å². The number of carboxylic acid groups (broad SMARTS) is 4. The maximum absolute atomic E-state index is 11.1. The fourth-order valence-corrected chi connectivity index (χ4v) is 1.64. The van der Waals surface area contributed by atoms with Gasteiger partial charge >= 0.3 is 24.0 Å². The van der Waals surface area contributed by atoms with Crippen LogP contribution < -0.4 is 10.6 Å². The van der Waals surface area contributed by atoms with E-state index >= 15 is 0 Å². The minimum absolute atomic E-state index is 0.619. The van der Waals surface area contributed by atoms with Crippen LogP contribution in [0.5, 0.6) is 0 Å². The van der Waals surface area contributed by atoms with Crippen LogP contribution in [0, 0.1) is 5.92 Å². The number of hydrogen-bond acceptors (Lipinski definition) is 5. The van der Waals surface area contributed by atoms with E-state index in [-0.39, 0.29) is 0 Å². The Morgan fingerprint density at radius 2 is 1.55 bits per heavy atom. The highest BCUT2D eigenvalue weighted by molar-refractivity contribution is 5.76. The van der Waals surface area contributed by atoms with Gasteiger partial charge in [0.05, 0.1) is 13.0 Å². The summed E-state index contributed by atoms with van der Waals surface area (Å²) >= 11 is 0. The van der Waals surface area contributed by atoms with Crippen LogP contribution in [0.2, 0.25) is 0 Å². The average molecular weight is 292 g/mol. The molecule has 3 atom stereocenters. The third-order valence-electron chi connectivity index (χ3n) is 2.60. The SMILES string of the molecule is CC(C(CC(=O)O)NC(=O)O)C(NCC(=O)O)C(=O)O. The number of rotatable bonds is 9.